The van der Waals surface area contributed by atoms with E-state index in [-0.39, 0.29) is 35.8 Å². The maximum absolute atomic E-state index is 13.6. The first kappa shape index (κ1) is 26.9. The van der Waals surface area contributed by atoms with E-state index in [2.05, 4.69) is 10.6 Å². The molecule has 2 aromatic rings. The molecule has 0 aliphatic heterocycles. The molecule has 0 unspecified atom stereocenters. The molecule has 2 amide bonds. The molecule has 2 rings (SSSR count). The van der Waals surface area contributed by atoms with E-state index in [1.165, 1.54) is 29.7 Å². The van der Waals surface area contributed by atoms with Crippen molar-refractivity contribution >= 4 is 29.1 Å². The fourth-order valence-corrected chi connectivity index (χ4v) is 4.05. The van der Waals surface area contributed by atoms with Gasteiger partial charge in [-0.25, -0.2) is 4.39 Å². The molecule has 0 saturated carbocycles. The van der Waals surface area contributed by atoms with Crippen LogP contribution in [-0.4, -0.2) is 45.7 Å². The van der Waals surface area contributed by atoms with Gasteiger partial charge in [-0.15, -0.1) is 0 Å². The van der Waals surface area contributed by atoms with E-state index in [4.69, 9.17) is 0 Å². The lowest BCUT2D eigenvalue weighted by Gasteiger charge is -2.29. The number of carbonyl (C=O) groups is 4. The second-order valence-corrected chi connectivity index (χ2v) is 9.44. The summed E-state index contributed by atoms with van der Waals surface area (Å²) in [5, 5.41) is 14.7. The average Bonchev–Trinajstić information content (AvgIpc) is 2.97. The van der Waals surface area contributed by atoms with Gasteiger partial charge < -0.3 is 20.3 Å². The highest BCUT2D eigenvalue weighted by Gasteiger charge is 2.35. The molecule has 184 valence electrons. The molecule has 0 fully saturated rings. The second-order valence-electron chi connectivity index (χ2n) is 9.44. The Kier molecular flexibility index (Phi) is 8.15. The number of amides is 2. The summed E-state index contributed by atoms with van der Waals surface area (Å²) < 4.78 is 15.0. The molecule has 9 heteroatoms. The van der Waals surface area contributed by atoms with E-state index in [0.29, 0.717) is 16.9 Å². The number of nitrogens with zero attached hydrogens (tertiary/aromatic N) is 1. The lowest BCUT2D eigenvalue weighted by molar-refractivity contribution is -0.126. The molecule has 1 heterocycles. The number of halogens is 1. The number of aryl methyl sites for hydroxylation is 1. The van der Waals surface area contributed by atoms with Crippen LogP contribution in [0, 0.1) is 32.0 Å². The number of ketones is 2. The van der Waals surface area contributed by atoms with Crippen molar-refractivity contribution in [2.75, 3.05) is 11.9 Å². The Bertz CT molecular complexity index is 1140. The van der Waals surface area contributed by atoms with Gasteiger partial charge >= 0.3 is 0 Å². The molecule has 34 heavy (non-hydrogen) atoms. The molecule has 1 aromatic heterocycles. The van der Waals surface area contributed by atoms with Crippen molar-refractivity contribution in [3.63, 3.8) is 0 Å². The summed E-state index contributed by atoms with van der Waals surface area (Å²) >= 11 is 0. The van der Waals surface area contributed by atoms with Crippen LogP contribution in [0.25, 0.3) is 0 Å². The zero-order valence-corrected chi connectivity index (χ0v) is 20.6. The van der Waals surface area contributed by atoms with Gasteiger partial charge in [-0.05, 0) is 62.4 Å². The van der Waals surface area contributed by atoms with Gasteiger partial charge in [-0.2, -0.15) is 0 Å². The minimum atomic E-state index is -0.976. The highest BCUT2D eigenvalue weighted by molar-refractivity contribution is 6.43. The Balaban J connectivity index is 2.46. The topological polar surface area (TPSA) is 118 Å². The SMILES string of the molecule is CC(=O)[C@H](NC(=O)C(=O)c1c(C)c(C(=O)Nc2ccc(F)c(C)c2)c(C)n1CCO)C(C)(C)C. The van der Waals surface area contributed by atoms with E-state index in [1.807, 2.05) is 0 Å². The third-order valence-corrected chi connectivity index (χ3v) is 5.70. The number of benzene rings is 1. The van der Waals surface area contributed by atoms with Crippen LogP contribution in [-0.2, 0) is 16.1 Å². The standard InChI is InChI=1S/C25H32FN3O5/c1-13-12-17(8-9-18(13)26)27-23(33)19-14(2)20(29(10-11-30)15(19)3)21(32)24(34)28-22(16(4)31)25(5,6)7/h8-9,12,22,30H,10-11H2,1-7H3,(H,27,33)(H,28,34)/t22-/m0/s1. The van der Waals surface area contributed by atoms with E-state index >= 15 is 0 Å². The van der Waals surface area contributed by atoms with Crippen molar-refractivity contribution in [1.29, 1.82) is 0 Å². The molecule has 1 aromatic carbocycles. The minimum Gasteiger partial charge on any atom is -0.395 e. The van der Waals surface area contributed by atoms with E-state index in [0.717, 1.165) is 0 Å². The maximum atomic E-state index is 13.6. The first-order chi connectivity index (χ1) is 15.7. The van der Waals surface area contributed by atoms with Crippen LogP contribution in [0.2, 0.25) is 0 Å². The minimum absolute atomic E-state index is 0.0145. The van der Waals surface area contributed by atoms with Crippen LogP contribution in [0.1, 0.15) is 65.4 Å². The maximum Gasteiger partial charge on any atom is 0.294 e. The Labute approximate surface area is 198 Å². The molecule has 0 radical (unpaired) electrons. The first-order valence-corrected chi connectivity index (χ1v) is 10.9. The van der Waals surface area contributed by atoms with Gasteiger partial charge in [0.2, 0.25) is 0 Å². The number of aromatic nitrogens is 1. The lowest BCUT2D eigenvalue weighted by atomic mass is 9.84. The predicted octanol–water partition coefficient (Wildman–Crippen LogP) is 3.10. The quantitative estimate of drug-likeness (QED) is 0.402. The summed E-state index contributed by atoms with van der Waals surface area (Å²) in [4.78, 5) is 51.1. The summed E-state index contributed by atoms with van der Waals surface area (Å²) in [7, 11) is 0. The number of carbonyl (C=O) groups excluding carboxylic acids is 4. The molecule has 0 aliphatic carbocycles. The normalized spacial score (nSPS) is 12.3. The molecule has 0 spiro atoms. The van der Waals surface area contributed by atoms with Crippen LogP contribution in [0.5, 0.6) is 0 Å². The largest absolute Gasteiger partial charge is 0.395 e. The van der Waals surface area contributed by atoms with Crippen LogP contribution >= 0.6 is 0 Å². The number of anilines is 1. The molecule has 8 nitrogen and oxygen atoms in total. The van der Waals surface area contributed by atoms with E-state index in [1.54, 1.807) is 41.5 Å². The van der Waals surface area contributed by atoms with Crippen LogP contribution in [0.3, 0.4) is 0 Å². The molecule has 3 N–H and O–H groups in total. The lowest BCUT2D eigenvalue weighted by Crippen LogP contribution is -2.50. The van der Waals surface area contributed by atoms with Crippen molar-refractivity contribution in [2.45, 2.75) is 61.1 Å². The summed E-state index contributed by atoms with van der Waals surface area (Å²) in [6.07, 6.45) is 0. The highest BCUT2D eigenvalue weighted by Crippen LogP contribution is 2.26. The van der Waals surface area contributed by atoms with Gasteiger partial charge in [0.15, 0.2) is 5.78 Å². The van der Waals surface area contributed by atoms with Crippen molar-refractivity contribution in [3.05, 3.63) is 52.1 Å². The van der Waals surface area contributed by atoms with Crippen molar-refractivity contribution < 1.29 is 28.7 Å². The highest BCUT2D eigenvalue weighted by atomic mass is 19.1. The van der Waals surface area contributed by atoms with Gasteiger partial charge in [0, 0.05) is 17.9 Å². The van der Waals surface area contributed by atoms with Gasteiger partial charge in [-0.3, -0.25) is 19.2 Å². The van der Waals surface area contributed by atoms with Gasteiger partial charge in [0.1, 0.15) is 5.82 Å². The Morgan fingerprint density at radius 3 is 2.24 bits per heavy atom. The molecule has 0 aliphatic rings. The summed E-state index contributed by atoms with van der Waals surface area (Å²) in [6.45, 7) is 11.0. The number of hydrogen-bond acceptors (Lipinski definition) is 5. The number of aliphatic hydroxyl groups is 1. The van der Waals surface area contributed by atoms with Crippen LogP contribution in [0.4, 0.5) is 10.1 Å². The number of rotatable bonds is 8. The predicted molar refractivity (Wildman–Crippen MR) is 126 cm³/mol. The zero-order chi connectivity index (χ0) is 26.0. The van der Waals surface area contributed by atoms with E-state index < -0.39 is 34.9 Å². The third kappa shape index (κ3) is 5.59. The molecule has 0 saturated heterocycles. The Hall–Kier alpha value is -3.33. The second kappa shape index (κ2) is 10.3. The molecular formula is C25H32FN3O5. The van der Waals surface area contributed by atoms with E-state index in [9.17, 15) is 28.7 Å². The monoisotopic (exact) mass is 473 g/mol. The zero-order valence-electron chi connectivity index (χ0n) is 20.6. The van der Waals surface area contributed by atoms with Gasteiger partial charge in [0.05, 0.1) is 23.9 Å². The van der Waals surface area contributed by atoms with Gasteiger partial charge in [-0.1, -0.05) is 20.8 Å². The van der Waals surface area contributed by atoms with Crippen molar-refractivity contribution in [1.82, 2.24) is 9.88 Å². The number of Topliss-reactive ketones (excluding diaryl/α,β-unsaturated/α-hetero) is 2. The smallest absolute Gasteiger partial charge is 0.294 e. The fourth-order valence-electron chi connectivity index (χ4n) is 4.05. The Morgan fingerprint density at radius 2 is 1.74 bits per heavy atom. The third-order valence-electron chi connectivity index (χ3n) is 5.70. The Morgan fingerprint density at radius 1 is 1.12 bits per heavy atom. The first-order valence-electron chi connectivity index (χ1n) is 10.9. The number of hydrogen-bond donors (Lipinski definition) is 3. The average molecular weight is 474 g/mol. The molecular weight excluding hydrogens is 441 g/mol. The number of aliphatic hydroxyl groups excluding tert-OH is 1. The van der Waals surface area contributed by atoms with Gasteiger partial charge in [0.25, 0.3) is 17.6 Å². The fraction of sp³-hybridized carbons (Fsp3) is 0.440. The number of nitrogens with one attached hydrogen (secondary N) is 2. The molecule has 0 bridgehead atoms. The summed E-state index contributed by atoms with van der Waals surface area (Å²) in [5.41, 5.74) is 0.896. The van der Waals surface area contributed by atoms with Crippen molar-refractivity contribution in [2.24, 2.45) is 5.41 Å². The van der Waals surface area contributed by atoms with Crippen LogP contribution < -0.4 is 10.6 Å². The summed E-state index contributed by atoms with van der Waals surface area (Å²) in [6, 6.07) is 3.26. The van der Waals surface area contributed by atoms with Crippen molar-refractivity contribution in [3.8, 4) is 0 Å². The molecule has 1 atom stereocenters. The summed E-state index contributed by atoms with van der Waals surface area (Å²) in [5.74, 6) is -3.12. The van der Waals surface area contributed by atoms with Crippen LogP contribution in [0.15, 0.2) is 18.2 Å².